The van der Waals surface area contributed by atoms with Gasteiger partial charge in [-0.15, -0.1) is 0 Å². The van der Waals surface area contributed by atoms with Crippen LogP contribution in [0.2, 0.25) is 0 Å². The summed E-state index contributed by atoms with van der Waals surface area (Å²) < 4.78 is 47.8. The Kier molecular flexibility index (Phi) is 1.43. The van der Waals surface area contributed by atoms with E-state index >= 15 is 0 Å². The molecule has 2 N–H and O–H groups in total. The molecule has 0 amide bonds. The molecule has 60 valence electrons. The van der Waals surface area contributed by atoms with Gasteiger partial charge in [0.05, 0.1) is 0 Å². The van der Waals surface area contributed by atoms with Crippen LogP contribution in [0.5, 0.6) is 0 Å². The predicted molar refractivity (Wildman–Crippen MR) is 26.8 cm³/mol. The summed E-state index contributed by atoms with van der Waals surface area (Å²) in [5, 5.41) is 0. The van der Waals surface area contributed by atoms with Crippen LogP contribution < -0.4 is 5.73 Å². The number of nitrogens with two attached hydrogens (primary N) is 1. The van der Waals surface area contributed by atoms with Gasteiger partial charge in [0.15, 0.2) is 0 Å². The van der Waals surface area contributed by atoms with E-state index in [4.69, 9.17) is 0 Å². The summed E-state index contributed by atoms with van der Waals surface area (Å²) in [6, 6.07) is -3.43. The maximum Gasteiger partial charge on any atom is 0.303 e. The van der Waals surface area contributed by atoms with Gasteiger partial charge < -0.3 is 0 Å². The zero-order chi connectivity index (χ0) is 7.99. The second-order valence-electron chi connectivity index (χ2n) is 2.64. The van der Waals surface area contributed by atoms with Crippen LogP contribution in [-0.4, -0.2) is 12.0 Å². The predicted octanol–water partition coefficient (Wildman–Crippen LogP) is 1.58. The molecular formula is C5H7F4N. The lowest BCUT2D eigenvalue weighted by Crippen LogP contribution is -2.50. The van der Waals surface area contributed by atoms with Crippen molar-refractivity contribution in [1.82, 2.24) is 0 Å². The minimum Gasteiger partial charge on any atom is -0.272 e. The summed E-state index contributed by atoms with van der Waals surface area (Å²) in [4.78, 5) is 0. The number of hydrogen-bond donors (Lipinski definition) is 1. The second-order valence-corrected chi connectivity index (χ2v) is 2.64. The van der Waals surface area contributed by atoms with Crippen molar-refractivity contribution >= 4 is 0 Å². The summed E-state index contributed by atoms with van der Waals surface area (Å²) in [5.41, 5.74) is 4.30. The van der Waals surface area contributed by atoms with Crippen LogP contribution in [0.25, 0.3) is 0 Å². The monoisotopic (exact) mass is 157 g/mol. The van der Waals surface area contributed by atoms with Crippen LogP contribution in [0.1, 0.15) is 12.8 Å². The third-order valence-electron chi connectivity index (χ3n) is 1.63. The molecule has 0 radical (unpaired) electrons. The van der Waals surface area contributed by atoms with Crippen LogP contribution >= 0.6 is 0 Å². The van der Waals surface area contributed by atoms with Crippen LogP contribution in [0.15, 0.2) is 0 Å². The molecule has 1 fully saturated rings. The van der Waals surface area contributed by atoms with Gasteiger partial charge in [-0.25, -0.2) is 8.78 Å². The molecule has 0 aromatic rings. The maximum absolute atomic E-state index is 12.0. The Hall–Kier alpha value is -0.320. The van der Waals surface area contributed by atoms with Gasteiger partial charge in [-0.1, -0.05) is 0 Å². The van der Waals surface area contributed by atoms with Crippen LogP contribution in [0.4, 0.5) is 17.6 Å². The molecule has 0 saturated heterocycles. The van der Waals surface area contributed by atoms with E-state index < -0.39 is 30.7 Å². The molecule has 0 aliphatic heterocycles. The maximum atomic E-state index is 12.0. The largest absolute Gasteiger partial charge is 0.303 e. The van der Waals surface area contributed by atoms with Crippen molar-refractivity contribution in [2.75, 3.05) is 0 Å². The molecule has 1 rings (SSSR count). The van der Waals surface area contributed by atoms with Gasteiger partial charge in [-0.2, -0.15) is 8.78 Å². The molecule has 1 aliphatic carbocycles. The molecule has 10 heavy (non-hydrogen) atoms. The topological polar surface area (TPSA) is 26.0 Å². The first kappa shape index (κ1) is 7.78. The highest BCUT2D eigenvalue weighted by Gasteiger charge is 2.54. The van der Waals surface area contributed by atoms with Crippen molar-refractivity contribution in [3.8, 4) is 0 Å². The molecule has 1 aliphatic rings. The summed E-state index contributed by atoms with van der Waals surface area (Å²) in [5.74, 6) is -4.24. The Morgan fingerprint density at radius 2 is 1.70 bits per heavy atom. The van der Waals surface area contributed by atoms with Gasteiger partial charge in [0, 0.05) is 18.8 Å². The normalized spacial score (nSPS) is 26.1. The van der Waals surface area contributed by atoms with Crippen molar-refractivity contribution < 1.29 is 17.6 Å². The summed E-state index contributed by atoms with van der Waals surface area (Å²) in [6.07, 6.45) is -1.56. The van der Waals surface area contributed by atoms with E-state index in [0.717, 1.165) is 0 Å². The third kappa shape index (κ3) is 1.39. The van der Waals surface area contributed by atoms with E-state index in [0.29, 0.717) is 0 Å². The first-order chi connectivity index (χ1) is 4.31. The zero-order valence-corrected chi connectivity index (χ0v) is 5.08. The molecule has 1 nitrogen and oxygen atoms in total. The molecule has 1 saturated carbocycles. The lowest BCUT2D eigenvalue weighted by Gasteiger charge is -2.37. The lowest BCUT2D eigenvalue weighted by molar-refractivity contribution is -0.190. The van der Waals surface area contributed by atoms with Crippen molar-refractivity contribution in [3.05, 3.63) is 0 Å². The van der Waals surface area contributed by atoms with Crippen LogP contribution in [0.3, 0.4) is 0 Å². The van der Waals surface area contributed by atoms with E-state index in [-0.39, 0.29) is 0 Å². The third-order valence-corrected chi connectivity index (χ3v) is 1.63. The van der Waals surface area contributed by atoms with Gasteiger partial charge in [0.2, 0.25) is 5.92 Å². The smallest absolute Gasteiger partial charge is 0.272 e. The Balaban J connectivity index is 2.40. The fraction of sp³-hybridized carbons (Fsp3) is 1.00. The Morgan fingerprint density at radius 1 is 1.30 bits per heavy atom. The summed E-state index contributed by atoms with van der Waals surface area (Å²) in [6.45, 7) is 0. The van der Waals surface area contributed by atoms with Gasteiger partial charge in [0.1, 0.15) is 0 Å². The van der Waals surface area contributed by atoms with Gasteiger partial charge in [-0.3, -0.25) is 5.73 Å². The molecule has 0 aromatic carbocycles. The van der Waals surface area contributed by atoms with E-state index in [1.807, 2.05) is 0 Å². The van der Waals surface area contributed by atoms with Gasteiger partial charge in [0.25, 0.3) is 0 Å². The highest BCUT2D eigenvalue weighted by molar-refractivity contribution is 4.91. The van der Waals surface area contributed by atoms with Crippen molar-refractivity contribution in [2.24, 2.45) is 11.7 Å². The highest BCUT2D eigenvalue weighted by Crippen LogP contribution is 2.47. The molecular weight excluding hydrogens is 150 g/mol. The molecule has 0 heterocycles. The highest BCUT2D eigenvalue weighted by atomic mass is 19.3. The van der Waals surface area contributed by atoms with Crippen molar-refractivity contribution in [1.29, 1.82) is 0 Å². The van der Waals surface area contributed by atoms with E-state index in [1.54, 1.807) is 0 Å². The van der Waals surface area contributed by atoms with Crippen LogP contribution in [-0.2, 0) is 0 Å². The molecule has 0 spiro atoms. The van der Waals surface area contributed by atoms with E-state index in [1.165, 1.54) is 0 Å². The molecule has 0 bridgehead atoms. The minimum absolute atomic E-state index is 0.781. The summed E-state index contributed by atoms with van der Waals surface area (Å²) >= 11 is 0. The average Bonchev–Trinajstić information content (AvgIpc) is 1.56. The van der Waals surface area contributed by atoms with Gasteiger partial charge in [-0.05, 0) is 0 Å². The quantitative estimate of drug-likeness (QED) is 0.454. The Labute approximate surface area is 55.2 Å². The van der Waals surface area contributed by atoms with Crippen molar-refractivity contribution in [3.63, 3.8) is 0 Å². The SMILES string of the molecule is NC(F)(F)C1CC(F)(F)C1. The molecule has 5 heteroatoms. The zero-order valence-electron chi connectivity index (χ0n) is 5.08. The number of hydrogen-bond acceptors (Lipinski definition) is 1. The Bertz CT molecular complexity index is 131. The summed E-state index contributed by atoms with van der Waals surface area (Å²) in [7, 11) is 0. The molecule has 0 unspecified atom stereocenters. The number of alkyl halides is 4. The van der Waals surface area contributed by atoms with Crippen LogP contribution in [0, 0.1) is 5.92 Å². The van der Waals surface area contributed by atoms with E-state index in [2.05, 4.69) is 5.73 Å². The second kappa shape index (κ2) is 1.84. The minimum atomic E-state index is -3.43. The number of halogens is 4. The average molecular weight is 157 g/mol. The van der Waals surface area contributed by atoms with Crippen molar-refractivity contribution in [2.45, 2.75) is 24.8 Å². The molecule has 0 aromatic heterocycles. The first-order valence-corrected chi connectivity index (χ1v) is 2.86. The van der Waals surface area contributed by atoms with E-state index in [9.17, 15) is 17.6 Å². The first-order valence-electron chi connectivity index (χ1n) is 2.86. The standard InChI is InChI=1S/C5H7F4N/c6-4(7)1-3(2-4)5(8,9)10/h3H,1-2,10H2. The fourth-order valence-electron chi connectivity index (χ4n) is 0.933. The Morgan fingerprint density at radius 3 is 1.80 bits per heavy atom. The number of rotatable bonds is 1. The van der Waals surface area contributed by atoms with Gasteiger partial charge >= 0.3 is 6.05 Å². The molecule has 0 atom stereocenters. The lowest BCUT2D eigenvalue weighted by atomic mass is 9.80. The fourth-order valence-corrected chi connectivity index (χ4v) is 0.933.